The smallest absolute Gasteiger partial charge is 0.307 e. The Labute approximate surface area is 222 Å². The predicted molar refractivity (Wildman–Crippen MR) is 149 cm³/mol. The molecule has 4 aromatic rings. The summed E-state index contributed by atoms with van der Waals surface area (Å²) >= 11 is 1.53. The fraction of sp³-hybridized carbons (Fsp3) is 0.517. The average Bonchev–Trinajstić information content (AvgIpc) is 3.31. The molecule has 3 aromatic heterocycles. The Morgan fingerprint density at radius 3 is 2.14 bits per heavy atom. The molecule has 0 radical (unpaired) electrons. The van der Waals surface area contributed by atoms with Crippen molar-refractivity contribution in [2.75, 3.05) is 0 Å². The molecule has 1 fully saturated rings. The minimum Gasteiger partial charge on any atom is -0.307 e. The lowest BCUT2D eigenvalue weighted by molar-refractivity contribution is -0.136. The molecule has 8 heteroatoms. The number of benzene rings is 1. The van der Waals surface area contributed by atoms with E-state index in [2.05, 4.69) is 49.9 Å². The van der Waals surface area contributed by atoms with Gasteiger partial charge >= 0.3 is 6.18 Å². The van der Waals surface area contributed by atoms with E-state index in [4.69, 9.17) is 0 Å². The van der Waals surface area contributed by atoms with Crippen LogP contribution in [-0.2, 0) is 6.18 Å². The summed E-state index contributed by atoms with van der Waals surface area (Å²) in [5.74, 6) is 0.862. The number of hydrogen-bond acceptors (Lipinski definition) is 4. The third-order valence-electron chi connectivity index (χ3n) is 6.20. The average molecular weight is 533 g/mol. The van der Waals surface area contributed by atoms with Gasteiger partial charge in [-0.15, -0.1) is 11.3 Å². The Kier molecular flexibility index (Phi) is 8.44. The molecule has 4 heterocycles. The molecule has 0 atom stereocenters. The summed E-state index contributed by atoms with van der Waals surface area (Å²) < 4.78 is 42.7. The van der Waals surface area contributed by atoms with Crippen molar-refractivity contribution in [3.8, 4) is 11.1 Å². The summed E-state index contributed by atoms with van der Waals surface area (Å²) in [7, 11) is 0. The van der Waals surface area contributed by atoms with Gasteiger partial charge in [-0.2, -0.15) is 13.2 Å². The highest BCUT2D eigenvalue weighted by molar-refractivity contribution is 7.18. The molecule has 0 spiro atoms. The lowest BCUT2D eigenvalue weighted by Crippen LogP contribution is -2.57. The molecule has 5 rings (SSSR count). The zero-order valence-electron chi connectivity index (χ0n) is 23.3. The summed E-state index contributed by atoms with van der Waals surface area (Å²) in [6.07, 6.45) is 1.43. The van der Waals surface area contributed by atoms with Crippen LogP contribution in [0, 0.1) is 19.8 Å². The minimum absolute atomic E-state index is 0.0709. The van der Waals surface area contributed by atoms with Gasteiger partial charge in [-0.05, 0) is 89.6 Å². The Morgan fingerprint density at radius 1 is 0.946 bits per heavy atom. The molecule has 202 valence electrons. The van der Waals surface area contributed by atoms with E-state index in [9.17, 15) is 13.2 Å². The molecule has 0 aliphatic carbocycles. The summed E-state index contributed by atoms with van der Waals surface area (Å²) in [6.45, 7) is 19.1. The van der Waals surface area contributed by atoms with Crippen LogP contribution >= 0.6 is 11.3 Å². The lowest BCUT2D eigenvalue weighted by atomic mass is 9.77. The third kappa shape index (κ3) is 7.11. The van der Waals surface area contributed by atoms with E-state index in [0.29, 0.717) is 22.3 Å². The standard InChI is InChI=1S/C17H12F3N3S.C10H21N.C2H6/c1-9-7-23-8-12(5-13(16(23)21-9)17(18,19)20)11-3-4-14-15(6-11)24-10(2)22-14;1-8-6-9(2,3)11-10(4,5)7-8;1-2/h3-8H,1-2H3;8,11H,6-7H2,1-5H3;1-2H3. The van der Waals surface area contributed by atoms with E-state index in [1.165, 1.54) is 28.6 Å². The van der Waals surface area contributed by atoms with Gasteiger partial charge in [0.05, 0.1) is 26.5 Å². The number of thiazole rings is 1. The van der Waals surface area contributed by atoms with E-state index in [1.807, 2.05) is 32.9 Å². The number of alkyl halides is 3. The first-order valence-corrected chi connectivity index (χ1v) is 13.7. The summed E-state index contributed by atoms with van der Waals surface area (Å²) in [4.78, 5) is 8.38. The number of imidazole rings is 1. The zero-order valence-corrected chi connectivity index (χ0v) is 24.2. The van der Waals surface area contributed by atoms with Crippen LogP contribution in [0.3, 0.4) is 0 Å². The van der Waals surface area contributed by atoms with Gasteiger partial charge in [0.15, 0.2) is 0 Å². The van der Waals surface area contributed by atoms with Crippen molar-refractivity contribution in [2.24, 2.45) is 5.92 Å². The number of pyridine rings is 1. The van der Waals surface area contributed by atoms with Crippen LogP contribution in [0.25, 0.3) is 27.0 Å². The van der Waals surface area contributed by atoms with Gasteiger partial charge < -0.3 is 9.72 Å². The predicted octanol–water partition coefficient (Wildman–Crippen LogP) is 8.84. The number of aryl methyl sites for hydroxylation is 2. The first kappa shape index (κ1) is 29.1. The van der Waals surface area contributed by atoms with Crippen LogP contribution in [-0.4, -0.2) is 25.4 Å². The van der Waals surface area contributed by atoms with Crippen LogP contribution in [0.5, 0.6) is 0 Å². The molecule has 1 N–H and O–H groups in total. The number of nitrogens with zero attached hydrogens (tertiary/aromatic N) is 3. The number of rotatable bonds is 1. The van der Waals surface area contributed by atoms with Crippen LogP contribution in [0.2, 0.25) is 0 Å². The van der Waals surface area contributed by atoms with Crippen molar-refractivity contribution in [3.05, 3.63) is 52.9 Å². The maximum atomic E-state index is 13.4. The largest absolute Gasteiger partial charge is 0.420 e. The van der Waals surface area contributed by atoms with E-state index >= 15 is 0 Å². The second-order valence-electron chi connectivity index (χ2n) is 11.1. The number of aromatic nitrogens is 3. The van der Waals surface area contributed by atoms with E-state index in [-0.39, 0.29) is 5.65 Å². The van der Waals surface area contributed by atoms with E-state index in [0.717, 1.165) is 32.8 Å². The molecule has 0 saturated carbocycles. The van der Waals surface area contributed by atoms with Crippen molar-refractivity contribution < 1.29 is 13.2 Å². The number of nitrogens with one attached hydrogen (secondary N) is 1. The maximum Gasteiger partial charge on any atom is 0.420 e. The van der Waals surface area contributed by atoms with Gasteiger partial charge in [0, 0.05) is 23.5 Å². The number of piperidine rings is 1. The van der Waals surface area contributed by atoms with Crippen LogP contribution in [0.15, 0.2) is 36.7 Å². The number of halogens is 3. The fourth-order valence-corrected chi connectivity index (χ4v) is 6.51. The molecule has 4 nitrogen and oxygen atoms in total. The van der Waals surface area contributed by atoms with Gasteiger partial charge in [0.2, 0.25) is 0 Å². The number of fused-ring (bicyclic) bond motifs is 2. The topological polar surface area (TPSA) is 42.2 Å². The first-order valence-electron chi connectivity index (χ1n) is 12.9. The summed E-state index contributed by atoms with van der Waals surface area (Å²) in [5, 5.41) is 4.59. The Morgan fingerprint density at radius 2 is 1.57 bits per heavy atom. The summed E-state index contributed by atoms with van der Waals surface area (Å²) in [6, 6.07) is 6.68. The Hall–Kier alpha value is -2.45. The molecule has 0 bridgehead atoms. The molecule has 37 heavy (non-hydrogen) atoms. The zero-order chi connectivity index (χ0) is 27.8. The minimum atomic E-state index is -4.46. The van der Waals surface area contributed by atoms with Crippen molar-refractivity contribution in [3.63, 3.8) is 0 Å². The van der Waals surface area contributed by atoms with Gasteiger partial charge in [0.1, 0.15) is 5.65 Å². The molecule has 0 unspecified atom stereocenters. The van der Waals surface area contributed by atoms with E-state index in [1.54, 1.807) is 25.4 Å². The monoisotopic (exact) mass is 532 g/mol. The van der Waals surface area contributed by atoms with Crippen molar-refractivity contribution in [1.82, 2.24) is 19.7 Å². The van der Waals surface area contributed by atoms with Gasteiger partial charge in [-0.25, -0.2) is 9.97 Å². The Bertz CT molecular complexity index is 1350. The van der Waals surface area contributed by atoms with Crippen LogP contribution < -0.4 is 5.32 Å². The van der Waals surface area contributed by atoms with Crippen molar-refractivity contribution >= 4 is 27.2 Å². The van der Waals surface area contributed by atoms with Gasteiger partial charge in [-0.1, -0.05) is 26.8 Å². The molecule has 0 amide bonds. The highest BCUT2D eigenvalue weighted by Gasteiger charge is 2.36. The van der Waals surface area contributed by atoms with E-state index < -0.39 is 11.7 Å². The quantitative estimate of drug-likeness (QED) is 0.266. The van der Waals surface area contributed by atoms with Crippen molar-refractivity contribution in [2.45, 2.75) is 92.4 Å². The van der Waals surface area contributed by atoms with Crippen molar-refractivity contribution in [1.29, 1.82) is 0 Å². The lowest BCUT2D eigenvalue weighted by Gasteiger charge is -2.45. The summed E-state index contributed by atoms with van der Waals surface area (Å²) in [5.41, 5.74) is 2.50. The molecule has 1 saturated heterocycles. The number of hydrogen-bond donors (Lipinski definition) is 1. The fourth-order valence-electron chi connectivity index (χ4n) is 5.64. The highest BCUT2D eigenvalue weighted by atomic mass is 32.1. The van der Waals surface area contributed by atoms with Gasteiger partial charge in [0.25, 0.3) is 0 Å². The van der Waals surface area contributed by atoms with Crippen LogP contribution in [0.1, 0.15) is 77.6 Å². The Balaban J connectivity index is 0.000000247. The molecular weight excluding hydrogens is 493 g/mol. The molecule has 1 aliphatic heterocycles. The third-order valence-corrected chi connectivity index (χ3v) is 7.13. The SMILES string of the molecule is CC.CC1CC(C)(C)NC(C)(C)C1.Cc1cn2cc(-c3ccc4nc(C)sc4c3)cc(C(F)(F)F)c2n1. The second kappa shape index (κ2) is 10.7. The van der Waals surface area contributed by atoms with Gasteiger partial charge in [-0.3, -0.25) is 0 Å². The highest BCUT2D eigenvalue weighted by Crippen LogP contribution is 2.36. The van der Waals surface area contributed by atoms with Crippen LogP contribution in [0.4, 0.5) is 13.2 Å². The maximum absolute atomic E-state index is 13.4. The molecular formula is C29H39F3N4S. The second-order valence-corrected chi connectivity index (χ2v) is 12.3. The molecule has 1 aliphatic rings. The molecule has 1 aromatic carbocycles. The normalized spacial score (nSPS) is 17.2. The first-order chi connectivity index (χ1) is 17.1.